The summed E-state index contributed by atoms with van der Waals surface area (Å²) in [5.74, 6) is 0.972. The molecule has 1 aromatic carbocycles. The minimum atomic E-state index is 0.838. The molecule has 16 heavy (non-hydrogen) atoms. The molecule has 0 bridgehead atoms. The second kappa shape index (κ2) is 6.26. The summed E-state index contributed by atoms with van der Waals surface area (Å²) < 4.78 is 6.79. The molecule has 0 aliphatic carbocycles. The second-order valence-electron chi connectivity index (χ2n) is 4.36. The monoisotopic (exact) mass is 284 g/mol. The molecular weight excluding hydrogens is 266 g/mol. The van der Waals surface area contributed by atoms with Gasteiger partial charge in [-0.25, -0.2) is 0 Å². The molecule has 0 amide bonds. The number of nitrogens with one attached hydrogen (secondary N) is 1. The Bertz CT molecular complexity index is 306. The lowest BCUT2D eigenvalue weighted by Gasteiger charge is -2.12. The van der Waals surface area contributed by atoms with Gasteiger partial charge in [-0.3, -0.25) is 0 Å². The van der Waals surface area contributed by atoms with Crippen molar-refractivity contribution in [2.45, 2.75) is 19.3 Å². The summed E-state index contributed by atoms with van der Waals surface area (Å²) in [5.41, 5.74) is 0. The first kappa shape index (κ1) is 11.9. The Morgan fingerprint density at radius 3 is 2.50 bits per heavy atom. The lowest BCUT2D eigenvalue weighted by Crippen LogP contribution is -3.10. The summed E-state index contributed by atoms with van der Waals surface area (Å²) in [4.78, 5) is 1.75. The minimum absolute atomic E-state index is 0.838. The van der Waals surface area contributed by atoms with E-state index < -0.39 is 0 Å². The maximum absolute atomic E-state index is 5.69. The van der Waals surface area contributed by atoms with E-state index in [1.807, 2.05) is 24.3 Å². The molecule has 2 nitrogen and oxygen atoms in total. The van der Waals surface area contributed by atoms with E-state index >= 15 is 0 Å². The third-order valence-corrected chi connectivity index (χ3v) is 3.60. The van der Waals surface area contributed by atoms with E-state index in [9.17, 15) is 0 Å². The SMILES string of the molecule is Brc1ccc(OCCC[NH+]2CCCC2)cc1. The van der Waals surface area contributed by atoms with Crippen LogP contribution in [-0.2, 0) is 0 Å². The van der Waals surface area contributed by atoms with Crippen LogP contribution >= 0.6 is 15.9 Å². The quantitative estimate of drug-likeness (QED) is 0.816. The van der Waals surface area contributed by atoms with Gasteiger partial charge in [-0.05, 0) is 24.3 Å². The van der Waals surface area contributed by atoms with Crippen LogP contribution in [-0.4, -0.2) is 26.2 Å². The molecule has 1 N–H and O–H groups in total. The van der Waals surface area contributed by atoms with Crippen molar-refractivity contribution in [1.82, 2.24) is 0 Å². The topological polar surface area (TPSA) is 13.7 Å². The Morgan fingerprint density at radius 2 is 1.81 bits per heavy atom. The van der Waals surface area contributed by atoms with E-state index in [2.05, 4.69) is 15.9 Å². The predicted molar refractivity (Wildman–Crippen MR) is 69.1 cm³/mol. The van der Waals surface area contributed by atoms with E-state index in [0.717, 1.165) is 23.2 Å². The highest BCUT2D eigenvalue weighted by atomic mass is 79.9. The van der Waals surface area contributed by atoms with Crippen LogP contribution in [0.25, 0.3) is 0 Å². The van der Waals surface area contributed by atoms with Crippen LogP contribution in [0, 0.1) is 0 Å². The number of halogens is 1. The van der Waals surface area contributed by atoms with Gasteiger partial charge in [0.2, 0.25) is 0 Å². The number of hydrogen-bond acceptors (Lipinski definition) is 1. The van der Waals surface area contributed by atoms with Crippen LogP contribution in [0.3, 0.4) is 0 Å². The van der Waals surface area contributed by atoms with Gasteiger partial charge < -0.3 is 9.64 Å². The Labute approximate surface area is 106 Å². The predicted octanol–water partition coefficient (Wildman–Crippen LogP) is 1.90. The molecule has 0 unspecified atom stereocenters. The van der Waals surface area contributed by atoms with Gasteiger partial charge in [-0.15, -0.1) is 0 Å². The maximum atomic E-state index is 5.69. The molecule has 0 radical (unpaired) electrons. The number of benzene rings is 1. The molecule has 1 saturated heterocycles. The Kier molecular flexibility index (Phi) is 4.67. The van der Waals surface area contributed by atoms with Crippen molar-refractivity contribution in [3.05, 3.63) is 28.7 Å². The molecule has 2 rings (SSSR count). The summed E-state index contributed by atoms with van der Waals surface area (Å²) in [6.45, 7) is 4.82. The Balaban J connectivity index is 1.62. The Hall–Kier alpha value is -0.540. The van der Waals surface area contributed by atoms with Gasteiger partial charge in [-0.2, -0.15) is 0 Å². The summed E-state index contributed by atoms with van der Waals surface area (Å²) in [5, 5.41) is 0. The lowest BCUT2D eigenvalue weighted by atomic mass is 10.3. The third-order valence-electron chi connectivity index (χ3n) is 3.07. The van der Waals surface area contributed by atoms with Crippen LogP contribution in [0.5, 0.6) is 5.75 Å². The van der Waals surface area contributed by atoms with Crippen molar-refractivity contribution >= 4 is 15.9 Å². The normalized spacial score (nSPS) is 16.6. The molecule has 1 heterocycles. The van der Waals surface area contributed by atoms with E-state index in [0.29, 0.717) is 0 Å². The number of likely N-dealkylation sites (tertiary alicyclic amines) is 1. The first-order valence-electron chi connectivity index (χ1n) is 6.06. The van der Waals surface area contributed by atoms with Crippen LogP contribution in [0.4, 0.5) is 0 Å². The van der Waals surface area contributed by atoms with Crippen LogP contribution in [0.2, 0.25) is 0 Å². The molecule has 0 spiro atoms. The number of ether oxygens (including phenoxy) is 1. The maximum Gasteiger partial charge on any atom is 0.119 e. The molecule has 0 saturated carbocycles. The van der Waals surface area contributed by atoms with Crippen molar-refractivity contribution < 1.29 is 9.64 Å². The molecule has 88 valence electrons. The molecule has 0 aromatic heterocycles. The van der Waals surface area contributed by atoms with Gasteiger partial charge in [-0.1, -0.05) is 15.9 Å². The molecule has 1 fully saturated rings. The number of hydrogen-bond donors (Lipinski definition) is 1. The fraction of sp³-hybridized carbons (Fsp3) is 0.538. The van der Waals surface area contributed by atoms with E-state index in [1.54, 1.807) is 4.90 Å². The van der Waals surface area contributed by atoms with E-state index in [-0.39, 0.29) is 0 Å². The van der Waals surface area contributed by atoms with Crippen LogP contribution in [0.15, 0.2) is 28.7 Å². The molecule has 1 aliphatic rings. The van der Waals surface area contributed by atoms with Crippen molar-refractivity contribution in [2.75, 3.05) is 26.2 Å². The average Bonchev–Trinajstić information content (AvgIpc) is 2.80. The van der Waals surface area contributed by atoms with Crippen molar-refractivity contribution in [1.29, 1.82) is 0 Å². The first-order chi connectivity index (χ1) is 7.84. The summed E-state index contributed by atoms with van der Waals surface area (Å²) in [6.07, 6.45) is 3.97. The van der Waals surface area contributed by atoms with Gasteiger partial charge in [0.25, 0.3) is 0 Å². The smallest absolute Gasteiger partial charge is 0.119 e. The zero-order chi connectivity index (χ0) is 11.2. The fourth-order valence-electron chi connectivity index (χ4n) is 2.17. The van der Waals surface area contributed by atoms with Gasteiger partial charge in [0.05, 0.1) is 26.2 Å². The summed E-state index contributed by atoms with van der Waals surface area (Å²) in [6, 6.07) is 8.04. The standard InChI is InChI=1S/C13H18BrNO/c14-12-4-6-13(7-5-12)16-11-3-10-15-8-1-2-9-15/h4-7H,1-3,8-11H2/p+1. The first-order valence-corrected chi connectivity index (χ1v) is 6.86. The number of rotatable bonds is 5. The average molecular weight is 285 g/mol. The fourth-order valence-corrected chi connectivity index (χ4v) is 2.43. The molecule has 1 aromatic rings. The summed E-state index contributed by atoms with van der Waals surface area (Å²) >= 11 is 3.41. The van der Waals surface area contributed by atoms with Crippen LogP contribution in [0.1, 0.15) is 19.3 Å². The highest BCUT2D eigenvalue weighted by Crippen LogP contribution is 2.15. The van der Waals surface area contributed by atoms with Gasteiger partial charge in [0.1, 0.15) is 5.75 Å². The minimum Gasteiger partial charge on any atom is -0.493 e. The largest absolute Gasteiger partial charge is 0.493 e. The van der Waals surface area contributed by atoms with Gasteiger partial charge in [0.15, 0.2) is 0 Å². The van der Waals surface area contributed by atoms with E-state index in [4.69, 9.17) is 4.74 Å². The van der Waals surface area contributed by atoms with Gasteiger partial charge >= 0.3 is 0 Å². The van der Waals surface area contributed by atoms with E-state index in [1.165, 1.54) is 32.5 Å². The number of quaternary nitrogens is 1. The van der Waals surface area contributed by atoms with Crippen molar-refractivity contribution in [2.24, 2.45) is 0 Å². The lowest BCUT2D eigenvalue weighted by molar-refractivity contribution is -0.887. The molecular formula is C13H19BrNO+. The van der Waals surface area contributed by atoms with Gasteiger partial charge in [0, 0.05) is 23.7 Å². The summed E-state index contributed by atoms with van der Waals surface area (Å²) in [7, 11) is 0. The van der Waals surface area contributed by atoms with Crippen molar-refractivity contribution in [3.8, 4) is 5.75 Å². The highest BCUT2D eigenvalue weighted by molar-refractivity contribution is 9.10. The second-order valence-corrected chi connectivity index (χ2v) is 5.28. The molecule has 1 aliphatic heterocycles. The third kappa shape index (κ3) is 3.80. The zero-order valence-electron chi connectivity index (χ0n) is 9.55. The molecule has 3 heteroatoms. The van der Waals surface area contributed by atoms with Crippen LogP contribution < -0.4 is 9.64 Å². The zero-order valence-corrected chi connectivity index (χ0v) is 11.1. The highest BCUT2D eigenvalue weighted by Gasteiger charge is 2.13. The van der Waals surface area contributed by atoms with Crippen molar-refractivity contribution in [3.63, 3.8) is 0 Å². The Morgan fingerprint density at radius 1 is 1.12 bits per heavy atom. The molecule has 0 atom stereocenters.